The van der Waals surface area contributed by atoms with E-state index in [2.05, 4.69) is 21.9 Å². The number of rotatable bonds is 3. The largest absolute Gasteiger partial charge is 0.417 e. The number of dihydropyridines is 1. The fraction of sp³-hybridized carbons (Fsp3) is 0.176. The molecule has 0 aromatic heterocycles. The van der Waals surface area contributed by atoms with Crippen LogP contribution in [0.4, 0.5) is 13.2 Å². The van der Waals surface area contributed by atoms with Gasteiger partial charge in [-0.1, -0.05) is 24.8 Å². The highest BCUT2D eigenvalue weighted by atomic mass is 19.4. The lowest BCUT2D eigenvalue weighted by Crippen LogP contribution is -2.25. The predicted molar refractivity (Wildman–Crippen MR) is 92.8 cm³/mol. The number of halogens is 3. The number of nitrogens with two attached hydrogens (primary N) is 2. The molecule has 0 saturated carbocycles. The van der Waals surface area contributed by atoms with Crippen LogP contribution in [0.2, 0.25) is 0 Å². The van der Waals surface area contributed by atoms with Gasteiger partial charge in [0.1, 0.15) is 11.6 Å². The molecule has 1 aliphatic heterocycles. The molecule has 2 rings (SSSR count). The Bertz CT molecular complexity index is 829. The van der Waals surface area contributed by atoms with Crippen LogP contribution in [0.3, 0.4) is 0 Å². The summed E-state index contributed by atoms with van der Waals surface area (Å²) in [5.41, 5.74) is 11.7. The summed E-state index contributed by atoms with van der Waals surface area (Å²) in [4.78, 5) is 8.28. The molecule has 0 aliphatic carbocycles. The fourth-order valence-electron chi connectivity index (χ4n) is 2.37. The van der Waals surface area contributed by atoms with Gasteiger partial charge < -0.3 is 16.8 Å². The molecular formula is C17H18F3N5. The van der Waals surface area contributed by atoms with Gasteiger partial charge in [-0.25, -0.2) is 9.98 Å². The van der Waals surface area contributed by atoms with Crippen molar-refractivity contribution >= 4 is 11.5 Å². The van der Waals surface area contributed by atoms with E-state index in [1.807, 2.05) is 0 Å². The van der Waals surface area contributed by atoms with E-state index in [0.29, 0.717) is 11.1 Å². The second-order valence-corrected chi connectivity index (χ2v) is 5.34. The van der Waals surface area contributed by atoms with Crippen molar-refractivity contribution in [1.29, 1.82) is 0 Å². The number of alkyl halides is 3. The molecule has 5 nitrogen and oxygen atoms in total. The second kappa shape index (κ2) is 6.84. The molecule has 1 heterocycles. The zero-order valence-corrected chi connectivity index (χ0v) is 13.8. The summed E-state index contributed by atoms with van der Waals surface area (Å²) in [5.74, 6) is 0.333. The third kappa shape index (κ3) is 3.90. The van der Waals surface area contributed by atoms with Gasteiger partial charge in [0.05, 0.1) is 16.8 Å². The minimum atomic E-state index is -4.51. The third-order valence-corrected chi connectivity index (χ3v) is 3.49. The normalized spacial score (nSPS) is 18.5. The topological polar surface area (TPSA) is 88.8 Å². The molecule has 132 valence electrons. The number of aliphatic imine (C=N–C) groups is 2. The van der Waals surface area contributed by atoms with E-state index in [9.17, 15) is 13.2 Å². The molecule has 0 radical (unpaired) electrons. The van der Waals surface area contributed by atoms with Crippen molar-refractivity contribution in [2.75, 3.05) is 7.05 Å². The van der Waals surface area contributed by atoms with Gasteiger partial charge in [-0.3, -0.25) is 0 Å². The molecule has 5 N–H and O–H groups in total. The third-order valence-electron chi connectivity index (χ3n) is 3.49. The van der Waals surface area contributed by atoms with Crippen molar-refractivity contribution in [2.24, 2.45) is 21.5 Å². The minimum Gasteiger partial charge on any atom is -0.385 e. The van der Waals surface area contributed by atoms with E-state index < -0.39 is 11.7 Å². The van der Waals surface area contributed by atoms with Gasteiger partial charge in [-0.2, -0.15) is 13.2 Å². The maximum atomic E-state index is 13.3. The first kappa shape index (κ1) is 18.3. The Hall–Kier alpha value is -3.03. The average molecular weight is 349 g/mol. The van der Waals surface area contributed by atoms with E-state index in [4.69, 9.17) is 11.5 Å². The van der Waals surface area contributed by atoms with Crippen molar-refractivity contribution in [2.45, 2.75) is 13.1 Å². The number of hydrogen-bond donors (Lipinski definition) is 3. The lowest BCUT2D eigenvalue weighted by molar-refractivity contribution is -0.137. The van der Waals surface area contributed by atoms with Gasteiger partial charge >= 0.3 is 6.18 Å². The van der Waals surface area contributed by atoms with E-state index >= 15 is 0 Å². The Kier molecular flexibility index (Phi) is 5.01. The molecule has 0 saturated heterocycles. The molecule has 0 spiro atoms. The van der Waals surface area contributed by atoms with Crippen molar-refractivity contribution in [3.05, 3.63) is 70.8 Å². The summed E-state index contributed by atoms with van der Waals surface area (Å²) < 4.78 is 40.0. The standard InChI is InChI=1S/C17H18F3N5/c1-9-8-12(15(22)23-3)16(24-10(2)21)25-14(9)11-6-4-5-7-13(11)17(18,19)20/h4-8,23H,2,21-22H2,1,3H3/b15-12+,24-16+. The monoisotopic (exact) mass is 349 g/mol. The SMILES string of the molecule is C=C(N)/N=C1/N=C(c2ccccc2C(F)(F)F)C(C)=C/C1=C(/N)NC. The molecule has 0 unspecified atom stereocenters. The summed E-state index contributed by atoms with van der Waals surface area (Å²) >= 11 is 0. The minimum absolute atomic E-state index is 0.0310. The number of nitrogens with one attached hydrogen (secondary N) is 1. The van der Waals surface area contributed by atoms with Crippen LogP contribution in [-0.4, -0.2) is 18.6 Å². The van der Waals surface area contributed by atoms with Crippen LogP contribution in [0.15, 0.2) is 69.7 Å². The van der Waals surface area contributed by atoms with E-state index in [0.717, 1.165) is 6.07 Å². The van der Waals surface area contributed by atoms with Gasteiger partial charge in [0, 0.05) is 12.6 Å². The fourth-order valence-corrected chi connectivity index (χ4v) is 2.37. The van der Waals surface area contributed by atoms with Crippen LogP contribution in [0.5, 0.6) is 0 Å². The number of allylic oxidation sites excluding steroid dienone is 1. The number of amidine groups is 1. The van der Waals surface area contributed by atoms with Crippen molar-refractivity contribution in [3.8, 4) is 0 Å². The van der Waals surface area contributed by atoms with E-state index in [1.54, 1.807) is 20.0 Å². The zero-order chi connectivity index (χ0) is 18.8. The summed E-state index contributed by atoms with van der Waals surface area (Å²) in [7, 11) is 1.61. The molecule has 8 heteroatoms. The van der Waals surface area contributed by atoms with Crippen molar-refractivity contribution < 1.29 is 13.2 Å². The summed E-state index contributed by atoms with van der Waals surface area (Å²) in [5, 5.41) is 2.76. The van der Waals surface area contributed by atoms with Gasteiger partial charge in [0.25, 0.3) is 0 Å². The number of benzene rings is 1. The molecule has 0 atom stereocenters. The van der Waals surface area contributed by atoms with Crippen LogP contribution in [0.25, 0.3) is 0 Å². The highest BCUT2D eigenvalue weighted by Gasteiger charge is 2.35. The molecule has 1 aliphatic rings. The van der Waals surface area contributed by atoms with Gasteiger partial charge in [-0.15, -0.1) is 0 Å². The zero-order valence-electron chi connectivity index (χ0n) is 13.8. The maximum absolute atomic E-state index is 13.3. The average Bonchev–Trinajstić information content (AvgIpc) is 2.54. The molecule has 1 aromatic carbocycles. The first-order chi connectivity index (χ1) is 11.6. The van der Waals surface area contributed by atoms with Crippen LogP contribution in [0.1, 0.15) is 18.1 Å². The number of hydrogen-bond acceptors (Lipinski definition) is 4. The highest BCUT2D eigenvalue weighted by Crippen LogP contribution is 2.34. The quantitative estimate of drug-likeness (QED) is 0.784. The van der Waals surface area contributed by atoms with Crippen molar-refractivity contribution in [1.82, 2.24) is 5.32 Å². The van der Waals surface area contributed by atoms with Crippen molar-refractivity contribution in [3.63, 3.8) is 0 Å². The van der Waals surface area contributed by atoms with Crippen LogP contribution >= 0.6 is 0 Å². The maximum Gasteiger partial charge on any atom is 0.417 e. The Morgan fingerprint density at radius 3 is 2.44 bits per heavy atom. The first-order valence-electron chi connectivity index (χ1n) is 7.30. The molecular weight excluding hydrogens is 331 g/mol. The number of nitrogens with zero attached hydrogens (tertiary/aromatic N) is 2. The Morgan fingerprint density at radius 1 is 1.24 bits per heavy atom. The highest BCUT2D eigenvalue weighted by molar-refractivity contribution is 6.23. The summed E-state index contributed by atoms with van der Waals surface area (Å²) in [6.07, 6.45) is -2.89. The lowest BCUT2D eigenvalue weighted by Gasteiger charge is -2.20. The van der Waals surface area contributed by atoms with Crippen LogP contribution in [-0.2, 0) is 6.18 Å². The molecule has 0 fully saturated rings. The smallest absolute Gasteiger partial charge is 0.385 e. The molecule has 1 aromatic rings. The Balaban J connectivity index is 2.71. The lowest BCUT2D eigenvalue weighted by atomic mass is 9.94. The van der Waals surface area contributed by atoms with E-state index in [-0.39, 0.29) is 28.8 Å². The molecule has 0 bridgehead atoms. The summed E-state index contributed by atoms with van der Waals surface area (Å²) in [6, 6.07) is 5.23. The second-order valence-electron chi connectivity index (χ2n) is 5.34. The molecule has 25 heavy (non-hydrogen) atoms. The summed E-state index contributed by atoms with van der Waals surface area (Å²) in [6.45, 7) is 5.13. The first-order valence-corrected chi connectivity index (χ1v) is 7.30. The van der Waals surface area contributed by atoms with Crippen LogP contribution in [0, 0.1) is 0 Å². The van der Waals surface area contributed by atoms with Crippen LogP contribution < -0.4 is 16.8 Å². The van der Waals surface area contributed by atoms with Gasteiger partial charge in [-0.05, 0) is 24.6 Å². The van der Waals surface area contributed by atoms with E-state index in [1.165, 1.54) is 18.2 Å². The molecule has 0 amide bonds. The van der Waals surface area contributed by atoms with Gasteiger partial charge in [0.2, 0.25) is 0 Å². The van der Waals surface area contributed by atoms with Gasteiger partial charge in [0.15, 0.2) is 5.84 Å². The predicted octanol–water partition coefficient (Wildman–Crippen LogP) is 2.67. The Labute approximate surface area is 143 Å². The Morgan fingerprint density at radius 2 is 1.88 bits per heavy atom.